The third kappa shape index (κ3) is 5.17. The lowest BCUT2D eigenvalue weighted by molar-refractivity contribution is 0.556. The molecule has 0 radical (unpaired) electrons. The zero-order chi connectivity index (χ0) is 9.40. The number of rotatable bonds is 5. The van der Waals surface area contributed by atoms with Crippen LogP contribution in [-0.4, -0.2) is 0 Å². The summed E-state index contributed by atoms with van der Waals surface area (Å²) in [6, 6.07) is 0. The lowest BCUT2D eigenvalue weighted by atomic mass is 9.95. The lowest BCUT2D eigenvalue weighted by Gasteiger charge is -2.11. The minimum atomic E-state index is 0.674. The van der Waals surface area contributed by atoms with Crippen molar-refractivity contribution in [2.24, 2.45) is 11.8 Å². The maximum atomic E-state index is 2.31. The van der Waals surface area contributed by atoms with Gasteiger partial charge in [-0.3, -0.25) is 0 Å². The van der Waals surface area contributed by atoms with Crippen molar-refractivity contribution in [3.05, 3.63) is 24.3 Å². The first kappa shape index (κ1) is 11.5. The second-order valence-corrected chi connectivity index (χ2v) is 3.39. The molecule has 0 aromatic rings. The summed E-state index contributed by atoms with van der Waals surface area (Å²) >= 11 is 0. The Labute approximate surface area is 77.4 Å². The van der Waals surface area contributed by atoms with Crippen molar-refractivity contribution in [1.82, 2.24) is 0 Å². The highest BCUT2D eigenvalue weighted by molar-refractivity contribution is 4.95. The van der Waals surface area contributed by atoms with E-state index in [4.69, 9.17) is 0 Å². The zero-order valence-electron chi connectivity index (χ0n) is 8.88. The van der Waals surface area contributed by atoms with Crippen LogP contribution in [-0.2, 0) is 0 Å². The molecule has 0 fully saturated rings. The SMILES string of the molecule is CCC=CC(C)C(C)C=CCC. The molecule has 0 aromatic carbocycles. The fourth-order valence-electron chi connectivity index (χ4n) is 1.05. The van der Waals surface area contributed by atoms with Gasteiger partial charge in [0.25, 0.3) is 0 Å². The van der Waals surface area contributed by atoms with Crippen LogP contribution in [0.1, 0.15) is 40.5 Å². The van der Waals surface area contributed by atoms with Crippen LogP contribution in [0.25, 0.3) is 0 Å². The molecule has 0 rings (SSSR count). The zero-order valence-corrected chi connectivity index (χ0v) is 8.88. The molecule has 0 saturated heterocycles. The minimum Gasteiger partial charge on any atom is -0.0885 e. The first-order chi connectivity index (χ1) is 5.72. The standard InChI is InChI=1S/C12H22/c1-5-7-9-11(3)12(4)10-8-6-2/h7-12H,5-6H2,1-4H3. The molecule has 0 spiro atoms. The van der Waals surface area contributed by atoms with Crippen molar-refractivity contribution in [3.8, 4) is 0 Å². The van der Waals surface area contributed by atoms with Crippen LogP contribution in [0.3, 0.4) is 0 Å². The summed E-state index contributed by atoms with van der Waals surface area (Å²) in [6.07, 6.45) is 11.4. The number of hydrogen-bond acceptors (Lipinski definition) is 0. The van der Waals surface area contributed by atoms with Gasteiger partial charge >= 0.3 is 0 Å². The molecule has 0 aromatic heterocycles. The minimum absolute atomic E-state index is 0.674. The van der Waals surface area contributed by atoms with Crippen LogP contribution in [0.2, 0.25) is 0 Å². The van der Waals surface area contributed by atoms with E-state index in [0.717, 1.165) is 12.8 Å². The quantitative estimate of drug-likeness (QED) is 0.537. The van der Waals surface area contributed by atoms with Gasteiger partial charge in [-0.25, -0.2) is 0 Å². The molecule has 0 bridgehead atoms. The fraction of sp³-hybridized carbons (Fsp3) is 0.667. The molecule has 0 heteroatoms. The van der Waals surface area contributed by atoms with E-state index in [1.54, 1.807) is 0 Å². The summed E-state index contributed by atoms with van der Waals surface area (Å²) in [7, 11) is 0. The molecule has 12 heavy (non-hydrogen) atoms. The molecular weight excluding hydrogens is 144 g/mol. The van der Waals surface area contributed by atoms with Crippen molar-refractivity contribution in [2.45, 2.75) is 40.5 Å². The Balaban J connectivity index is 3.83. The molecule has 0 amide bonds. The largest absolute Gasteiger partial charge is 0.0885 e. The summed E-state index contributed by atoms with van der Waals surface area (Å²) in [5.41, 5.74) is 0. The molecule has 2 unspecified atom stereocenters. The monoisotopic (exact) mass is 166 g/mol. The lowest BCUT2D eigenvalue weighted by Crippen LogP contribution is -2.01. The maximum absolute atomic E-state index is 2.31. The average Bonchev–Trinajstić information content (AvgIpc) is 2.10. The van der Waals surface area contributed by atoms with Crippen LogP contribution in [0, 0.1) is 11.8 Å². The molecule has 0 nitrogen and oxygen atoms in total. The molecule has 2 atom stereocenters. The second-order valence-electron chi connectivity index (χ2n) is 3.39. The normalized spacial score (nSPS) is 17.3. The van der Waals surface area contributed by atoms with E-state index in [1.165, 1.54) is 0 Å². The molecule has 0 aliphatic heterocycles. The number of hydrogen-bond donors (Lipinski definition) is 0. The maximum Gasteiger partial charge on any atom is -0.0202 e. The van der Waals surface area contributed by atoms with Gasteiger partial charge in [0.2, 0.25) is 0 Å². The van der Waals surface area contributed by atoms with Crippen LogP contribution in [0.5, 0.6) is 0 Å². The average molecular weight is 166 g/mol. The Bertz CT molecular complexity index is 124. The second kappa shape index (κ2) is 7.15. The third-order valence-corrected chi connectivity index (χ3v) is 2.18. The Morgan fingerprint density at radius 1 is 0.833 bits per heavy atom. The third-order valence-electron chi connectivity index (χ3n) is 2.18. The molecule has 0 saturated carbocycles. The Hall–Kier alpha value is -0.520. The van der Waals surface area contributed by atoms with Crippen LogP contribution < -0.4 is 0 Å². The van der Waals surface area contributed by atoms with Gasteiger partial charge in [-0.1, -0.05) is 52.0 Å². The molecule has 0 N–H and O–H groups in total. The summed E-state index contributed by atoms with van der Waals surface area (Å²) in [4.78, 5) is 0. The molecular formula is C12H22. The van der Waals surface area contributed by atoms with Crippen molar-refractivity contribution < 1.29 is 0 Å². The van der Waals surface area contributed by atoms with E-state index in [2.05, 4.69) is 52.0 Å². The smallest absolute Gasteiger partial charge is 0.0202 e. The first-order valence-electron chi connectivity index (χ1n) is 5.05. The summed E-state index contributed by atoms with van der Waals surface area (Å²) < 4.78 is 0. The summed E-state index contributed by atoms with van der Waals surface area (Å²) in [5.74, 6) is 1.35. The molecule has 0 aliphatic carbocycles. The van der Waals surface area contributed by atoms with E-state index >= 15 is 0 Å². The van der Waals surface area contributed by atoms with Crippen LogP contribution >= 0.6 is 0 Å². The highest BCUT2D eigenvalue weighted by Gasteiger charge is 2.03. The van der Waals surface area contributed by atoms with Gasteiger partial charge in [0, 0.05) is 0 Å². The van der Waals surface area contributed by atoms with Gasteiger partial charge in [-0.05, 0) is 24.7 Å². The van der Waals surface area contributed by atoms with Crippen molar-refractivity contribution in [1.29, 1.82) is 0 Å². The predicted octanol–water partition coefficient (Wildman–Crippen LogP) is 4.19. The van der Waals surface area contributed by atoms with Gasteiger partial charge in [0.05, 0.1) is 0 Å². The van der Waals surface area contributed by atoms with E-state index < -0.39 is 0 Å². The molecule has 0 heterocycles. The van der Waals surface area contributed by atoms with Crippen LogP contribution in [0.4, 0.5) is 0 Å². The van der Waals surface area contributed by atoms with Gasteiger partial charge in [0.15, 0.2) is 0 Å². The van der Waals surface area contributed by atoms with Gasteiger partial charge in [-0.2, -0.15) is 0 Å². The Morgan fingerprint density at radius 2 is 1.17 bits per heavy atom. The van der Waals surface area contributed by atoms with Gasteiger partial charge < -0.3 is 0 Å². The van der Waals surface area contributed by atoms with E-state index in [1.807, 2.05) is 0 Å². The van der Waals surface area contributed by atoms with Gasteiger partial charge in [-0.15, -0.1) is 0 Å². The Kier molecular flexibility index (Phi) is 6.84. The van der Waals surface area contributed by atoms with E-state index in [0.29, 0.717) is 11.8 Å². The fourth-order valence-corrected chi connectivity index (χ4v) is 1.05. The highest BCUT2D eigenvalue weighted by Crippen LogP contribution is 2.14. The molecule has 0 aliphatic rings. The van der Waals surface area contributed by atoms with E-state index in [9.17, 15) is 0 Å². The van der Waals surface area contributed by atoms with Crippen molar-refractivity contribution in [2.75, 3.05) is 0 Å². The summed E-state index contributed by atoms with van der Waals surface area (Å²) in [5, 5.41) is 0. The highest BCUT2D eigenvalue weighted by atomic mass is 14.1. The van der Waals surface area contributed by atoms with E-state index in [-0.39, 0.29) is 0 Å². The van der Waals surface area contributed by atoms with Gasteiger partial charge in [0.1, 0.15) is 0 Å². The topological polar surface area (TPSA) is 0 Å². The molecule has 70 valence electrons. The summed E-state index contributed by atoms with van der Waals surface area (Å²) in [6.45, 7) is 8.90. The van der Waals surface area contributed by atoms with Crippen LogP contribution in [0.15, 0.2) is 24.3 Å². The Morgan fingerprint density at radius 3 is 1.42 bits per heavy atom. The van der Waals surface area contributed by atoms with Crippen molar-refractivity contribution in [3.63, 3.8) is 0 Å². The first-order valence-corrected chi connectivity index (χ1v) is 5.05. The predicted molar refractivity (Wildman–Crippen MR) is 57.2 cm³/mol. The van der Waals surface area contributed by atoms with Crippen molar-refractivity contribution >= 4 is 0 Å². The number of allylic oxidation sites excluding steroid dienone is 4.